The summed E-state index contributed by atoms with van der Waals surface area (Å²) in [7, 11) is 0. The third-order valence-electron chi connectivity index (χ3n) is 6.35. The molecule has 3 aliphatic heterocycles. The zero-order chi connectivity index (χ0) is 25.8. The van der Waals surface area contributed by atoms with Crippen molar-refractivity contribution >= 4 is 58.3 Å². The number of carbonyl (C=O) groups excluding carboxylic acids is 3. The highest BCUT2D eigenvalue weighted by molar-refractivity contribution is 8.06. The molecule has 2 fully saturated rings. The van der Waals surface area contributed by atoms with Crippen LogP contribution in [0.4, 0.5) is 21.9 Å². The zero-order valence-electron chi connectivity index (χ0n) is 20.0. The van der Waals surface area contributed by atoms with Gasteiger partial charge in [-0.2, -0.15) is 0 Å². The van der Waals surface area contributed by atoms with Crippen LogP contribution in [0.15, 0.2) is 59.0 Å². The van der Waals surface area contributed by atoms with Crippen LogP contribution in [0.25, 0.3) is 0 Å². The van der Waals surface area contributed by atoms with Crippen molar-refractivity contribution in [3.05, 3.63) is 64.5 Å². The van der Waals surface area contributed by atoms with Crippen molar-refractivity contribution in [2.75, 3.05) is 54.5 Å². The normalized spacial score (nSPS) is 21.4. The molecule has 2 N–H and O–H groups in total. The molecule has 2 saturated heterocycles. The van der Waals surface area contributed by atoms with Gasteiger partial charge in [-0.25, -0.2) is 4.79 Å². The molecule has 11 heteroatoms. The molecule has 0 radical (unpaired) electrons. The Balaban J connectivity index is 1.30. The number of amides is 3. The highest BCUT2D eigenvalue weighted by atomic mass is 35.5. The van der Waals surface area contributed by atoms with E-state index in [0.29, 0.717) is 54.0 Å². The summed E-state index contributed by atoms with van der Waals surface area (Å²) in [5.41, 5.74) is 2.59. The minimum absolute atomic E-state index is 0.132. The molecule has 2 aromatic rings. The van der Waals surface area contributed by atoms with Gasteiger partial charge in [0.15, 0.2) is 0 Å². The number of benzene rings is 2. The van der Waals surface area contributed by atoms with Gasteiger partial charge >= 0.3 is 6.09 Å². The summed E-state index contributed by atoms with van der Waals surface area (Å²) in [6.07, 6.45) is 1.41. The number of thioether (sulfide) groups is 1. The SMILES string of the molecule is O=C(Nc1cc(N2CC(CNC(=O)C3CC=C(Cl)S3)OC2=O)ccc1N1CCOCC1)c1ccccc1. The van der Waals surface area contributed by atoms with Crippen LogP contribution in [0.2, 0.25) is 0 Å². The number of nitrogens with one attached hydrogen (secondary N) is 2. The number of nitrogens with zero attached hydrogens (tertiary/aromatic N) is 2. The topological polar surface area (TPSA) is 100 Å². The third-order valence-corrected chi connectivity index (χ3v) is 7.85. The Kier molecular flexibility index (Phi) is 7.87. The van der Waals surface area contributed by atoms with Gasteiger partial charge in [-0.1, -0.05) is 35.9 Å². The Morgan fingerprint density at radius 3 is 2.62 bits per heavy atom. The average Bonchev–Trinajstić information content (AvgIpc) is 3.53. The molecule has 0 spiro atoms. The number of hydrogen-bond acceptors (Lipinski definition) is 7. The number of cyclic esters (lactones) is 1. The van der Waals surface area contributed by atoms with Gasteiger partial charge in [0.1, 0.15) is 6.10 Å². The van der Waals surface area contributed by atoms with Crippen molar-refractivity contribution in [2.24, 2.45) is 0 Å². The standard InChI is InChI=1S/C26H27ClN4O5S/c27-23-9-8-22(37-23)25(33)28-15-19-16-31(26(34)36-19)18-6-7-21(30-10-12-35-13-11-30)20(14-18)29-24(32)17-4-2-1-3-5-17/h1-7,9,14,19,22H,8,10-13,15-16H2,(H,28,33)(H,29,32). The van der Waals surface area contributed by atoms with Crippen LogP contribution < -0.4 is 20.4 Å². The van der Waals surface area contributed by atoms with E-state index < -0.39 is 12.2 Å². The molecule has 0 bridgehead atoms. The molecule has 3 heterocycles. The molecule has 5 rings (SSSR count). The van der Waals surface area contributed by atoms with Crippen LogP contribution in [0, 0.1) is 0 Å². The zero-order valence-corrected chi connectivity index (χ0v) is 21.6. The van der Waals surface area contributed by atoms with Crippen LogP contribution in [-0.2, 0) is 14.3 Å². The summed E-state index contributed by atoms with van der Waals surface area (Å²) < 4.78 is 11.6. The summed E-state index contributed by atoms with van der Waals surface area (Å²) >= 11 is 7.28. The van der Waals surface area contributed by atoms with E-state index in [4.69, 9.17) is 21.1 Å². The van der Waals surface area contributed by atoms with E-state index in [1.165, 1.54) is 16.7 Å². The van der Waals surface area contributed by atoms with E-state index in [1.807, 2.05) is 36.4 Å². The van der Waals surface area contributed by atoms with E-state index in [1.54, 1.807) is 18.2 Å². The Morgan fingerprint density at radius 2 is 1.89 bits per heavy atom. The minimum atomic E-state index is -0.501. The summed E-state index contributed by atoms with van der Waals surface area (Å²) in [6.45, 7) is 3.07. The maximum atomic E-state index is 13.0. The molecule has 3 aliphatic rings. The van der Waals surface area contributed by atoms with E-state index in [2.05, 4.69) is 15.5 Å². The van der Waals surface area contributed by atoms with Crippen LogP contribution in [0.1, 0.15) is 16.8 Å². The molecular formula is C26H27ClN4O5S. The Morgan fingerprint density at radius 1 is 1.11 bits per heavy atom. The molecule has 0 aromatic heterocycles. The van der Waals surface area contributed by atoms with Gasteiger partial charge in [-0.15, -0.1) is 11.8 Å². The minimum Gasteiger partial charge on any atom is -0.442 e. The molecule has 194 valence electrons. The average molecular weight is 543 g/mol. The first-order valence-electron chi connectivity index (χ1n) is 12.1. The number of hydrogen-bond donors (Lipinski definition) is 2. The molecule has 2 atom stereocenters. The number of rotatable bonds is 7. The van der Waals surface area contributed by atoms with Crippen LogP contribution >= 0.6 is 23.4 Å². The first-order valence-corrected chi connectivity index (χ1v) is 13.3. The lowest BCUT2D eigenvalue weighted by Crippen LogP contribution is -2.38. The van der Waals surface area contributed by atoms with Crippen molar-refractivity contribution in [3.8, 4) is 0 Å². The maximum Gasteiger partial charge on any atom is 0.414 e. The molecule has 0 saturated carbocycles. The van der Waals surface area contributed by atoms with Crippen LogP contribution in [-0.4, -0.2) is 68.7 Å². The summed E-state index contributed by atoms with van der Waals surface area (Å²) in [6, 6.07) is 14.5. The highest BCUT2D eigenvalue weighted by Gasteiger charge is 2.34. The summed E-state index contributed by atoms with van der Waals surface area (Å²) in [4.78, 5) is 41.7. The smallest absolute Gasteiger partial charge is 0.414 e. The molecule has 37 heavy (non-hydrogen) atoms. The van der Waals surface area contributed by atoms with Gasteiger partial charge in [-0.05, 0) is 36.8 Å². The van der Waals surface area contributed by atoms with Crippen molar-refractivity contribution in [1.29, 1.82) is 0 Å². The second-order valence-corrected chi connectivity index (χ2v) is 10.7. The number of ether oxygens (including phenoxy) is 2. The summed E-state index contributed by atoms with van der Waals surface area (Å²) in [5.74, 6) is -0.372. The lowest BCUT2D eigenvalue weighted by atomic mass is 10.1. The molecule has 2 unspecified atom stereocenters. The molecular weight excluding hydrogens is 516 g/mol. The molecule has 9 nitrogen and oxygen atoms in total. The predicted molar refractivity (Wildman–Crippen MR) is 144 cm³/mol. The quantitative estimate of drug-likeness (QED) is 0.549. The van der Waals surface area contributed by atoms with Crippen molar-refractivity contribution in [2.45, 2.75) is 17.8 Å². The highest BCUT2D eigenvalue weighted by Crippen LogP contribution is 2.35. The van der Waals surface area contributed by atoms with Gasteiger partial charge in [0.2, 0.25) is 5.91 Å². The second kappa shape index (κ2) is 11.5. The monoisotopic (exact) mass is 542 g/mol. The number of anilines is 3. The molecule has 2 aromatic carbocycles. The lowest BCUT2D eigenvalue weighted by molar-refractivity contribution is -0.120. The van der Waals surface area contributed by atoms with E-state index in [-0.39, 0.29) is 30.2 Å². The van der Waals surface area contributed by atoms with Gasteiger partial charge in [0.05, 0.1) is 47.3 Å². The Hall–Kier alpha value is -3.21. The third kappa shape index (κ3) is 6.03. The second-order valence-electron chi connectivity index (χ2n) is 8.83. The van der Waals surface area contributed by atoms with E-state index in [0.717, 1.165) is 5.69 Å². The van der Waals surface area contributed by atoms with Crippen LogP contribution in [0.3, 0.4) is 0 Å². The maximum absolute atomic E-state index is 13.0. The Labute approximate surface area is 224 Å². The number of morpholine rings is 1. The number of allylic oxidation sites excluding steroid dienone is 1. The number of halogens is 1. The van der Waals surface area contributed by atoms with E-state index in [9.17, 15) is 14.4 Å². The molecule has 3 amide bonds. The van der Waals surface area contributed by atoms with Crippen molar-refractivity contribution in [3.63, 3.8) is 0 Å². The van der Waals surface area contributed by atoms with Gasteiger partial charge in [0.25, 0.3) is 5.91 Å². The van der Waals surface area contributed by atoms with Crippen molar-refractivity contribution < 1.29 is 23.9 Å². The first-order chi connectivity index (χ1) is 18.0. The largest absolute Gasteiger partial charge is 0.442 e. The van der Waals surface area contributed by atoms with Gasteiger partial charge in [-0.3, -0.25) is 14.5 Å². The van der Waals surface area contributed by atoms with Crippen LogP contribution in [0.5, 0.6) is 0 Å². The fourth-order valence-corrected chi connectivity index (χ4v) is 5.67. The fourth-order valence-electron chi connectivity index (χ4n) is 4.42. The first kappa shape index (κ1) is 25.4. The van der Waals surface area contributed by atoms with Crippen molar-refractivity contribution in [1.82, 2.24) is 5.32 Å². The fraction of sp³-hybridized carbons (Fsp3) is 0.346. The molecule has 0 aliphatic carbocycles. The lowest BCUT2D eigenvalue weighted by Gasteiger charge is -2.31. The Bertz CT molecular complexity index is 1200. The predicted octanol–water partition coefficient (Wildman–Crippen LogP) is 3.80. The summed E-state index contributed by atoms with van der Waals surface area (Å²) in [5, 5.41) is 5.61. The van der Waals surface area contributed by atoms with Gasteiger partial charge in [0, 0.05) is 24.3 Å². The van der Waals surface area contributed by atoms with Gasteiger partial charge < -0.3 is 25.0 Å². The number of carbonyl (C=O) groups is 3. The van der Waals surface area contributed by atoms with E-state index >= 15 is 0 Å².